The summed E-state index contributed by atoms with van der Waals surface area (Å²) in [6, 6.07) is 7.77. The molecule has 1 saturated heterocycles. The third-order valence-electron chi connectivity index (χ3n) is 4.86. The molecule has 7 nitrogen and oxygen atoms in total. The minimum absolute atomic E-state index is 0.0692. The van der Waals surface area contributed by atoms with Crippen molar-refractivity contribution in [3.8, 4) is 17.0 Å². The Morgan fingerprint density at radius 1 is 1.35 bits per heavy atom. The van der Waals surface area contributed by atoms with Crippen molar-refractivity contribution in [2.24, 2.45) is 0 Å². The van der Waals surface area contributed by atoms with Gasteiger partial charge in [0.05, 0.1) is 18.4 Å². The van der Waals surface area contributed by atoms with Crippen molar-refractivity contribution in [3.63, 3.8) is 0 Å². The minimum Gasteiger partial charge on any atom is -0.490 e. The Bertz CT molecular complexity index is 813. The third-order valence-corrected chi connectivity index (χ3v) is 4.86. The molecule has 0 radical (unpaired) electrons. The minimum atomic E-state index is -0.605. The maximum atomic E-state index is 13.0. The van der Waals surface area contributed by atoms with Crippen LogP contribution < -0.4 is 4.74 Å². The van der Waals surface area contributed by atoms with Gasteiger partial charge >= 0.3 is 0 Å². The molecule has 2 aromatic rings. The number of hydrogen-bond donors (Lipinski definition) is 0. The van der Waals surface area contributed by atoms with Gasteiger partial charge in [-0.25, -0.2) is 4.68 Å². The number of amides is 1. The molecule has 0 spiro atoms. The van der Waals surface area contributed by atoms with Crippen molar-refractivity contribution in [3.05, 3.63) is 30.5 Å². The quantitative estimate of drug-likeness (QED) is 0.823. The van der Waals surface area contributed by atoms with Gasteiger partial charge in [0.2, 0.25) is 0 Å². The average molecular weight is 356 g/mol. The zero-order chi connectivity index (χ0) is 18.3. The van der Waals surface area contributed by atoms with Crippen LogP contribution in [0.4, 0.5) is 0 Å². The predicted octanol–water partition coefficient (Wildman–Crippen LogP) is 2.43. The molecule has 1 aromatic carbocycles. The highest BCUT2D eigenvalue weighted by Gasteiger charge is 2.55. The van der Waals surface area contributed by atoms with Crippen LogP contribution >= 0.6 is 0 Å². The molecule has 4 rings (SSSR count). The molecule has 1 aromatic heterocycles. The Hall–Kier alpha value is -2.41. The summed E-state index contributed by atoms with van der Waals surface area (Å²) in [7, 11) is 0. The summed E-state index contributed by atoms with van der Waals surface area (Å²) in [5.41, 5.74) is 0.993. The number of rotatable bonds is 5. The molecule has 0 bridgehead atoms. The van der Waals surface area contributed by atoms with Gasteiger partial charge in [0.25, 0.3) is 5.91 Å². The summed E-state index contributed by atoms with van der Waals surface area (Å²) >= 11 is 0. The molecule has 1 aliphatic heterocycles. The lowest BCUT2D eigenvalue weighted by Gasteiger charge is -2.21. The van der Waals surface area contributed by atoms with Crippen LogP contribution in [0.3, 0.4) is 0 Å². The maximum absolute atomic E-state index is 13.0. The van der Waals surface area contributed by atoms with E-state index in [1.807, 2.05) is 51.2 Å². The molecule has 2 heterocycles. The van der Waals surface area contributed by atoms with E-state index in [4.69, 9.17) is 9.47 Å². The highest BCUT2D eigenvalue weighted by atomic mass is 16.5. The Labute approximate surface area is 152 Å². The number of aromatic nitrogens is 3. The van der Waals surface area contributed by atoms with E-state index in [9.17, 15) is 4.79 Å². The fourth-order valence-electron chi connectivity index (χ4n) is 3.36. The molecule has 1 aliphatic carbocycles. The van der Waals surface area contributed by atoms with E-state index in [-0.39, 0.29) is 18.1 Å². The Balaban J connectivity index is 1.60. The monoisotopic (exact) mass is 356 g/mol. The fraction of sp³-hybridized carbons (Fsp3) is 0.526. The first-order valence-electron chi connectivity index (χ1n) is 9.09. The summed E-state index contributed by atoms with van der Waals surface area (Å²) in [6.45, 7) is 6.95. The molecule has 138 valence electrons. The molecule has 0 N–H and O–H groups in total. The standard InChI is InChI=1S/C19H24N4O3/c1-13(2)26-17-7-5-4-6-15(17)16-11-23(21-20-16)19(8-9-19)18(24)22-10-14(3)25-12-22/h4-7,11,13-14H,8-10,12H2,1-3H3/t14-/m0/s1. The predicted molar refractivity (Wildman–Crippen MR) is 95.6 cm³/mol. The topological polar surface area (TPSA) is 69.5 Å². The number of nitrogens with zero attached hydrogens (tertiary/aromatic N) is 4. The second kappa shape index (κ2) is 6.39. The van der Waals surface area contributed by atoms with Crippen molar-refractivity contribution in [1.82, 2.24) is 19.9 Å². The summed E-state index contributed by atoms with van der Waals surface area (Å²) in [6.07, 6.45) is 3.57. The van der Waals surface area contributed by atoms with Crippen LogP contribution in [0.2, 0.25) is 0 Å². The van der Waals surface area contributed by atoms with Gasteiger partial charge in [0.1, 0.15) is 23.7 Å². The van der Waals surface area contributed by atoms with Crippen LogP contribution in [0.15, 0.2) is 30.5 Å². The van der Waals surface area contributed by atoms with Gasteiger partial charge < -0.3 is 14.4 Å². The summed E-state index contributed by atoms with van der Waals surface area (Å²) in [4.78, 5) is 14.7. The van der Waals surface area contributed by atoms with Crippen LogP contribution in [0.25, 0.3) is 11.3 Å². The first kappa shape index (κ1) is 17.0. The van der Waals surface area contributed by atoms with Gasteiger partial charge in [0, 0.05) is 12.1 Å². The zero-order valence-electron chi connectivity index (χ0n) is 15.4. The molecule has 1 atom stereocenters. The summed E-state index contributed by atoms with van der Waals surface area (Å²) < 4.78 is 13.1. The van der Waals surface area contributed by atoms with E-state index in [1.165, 1.54) is 0 Å². The number of carbonyl (C=O) groups excluding carboxylic acids is 1. The molecule has 2 fully saturated rings. The third kappa shape index (κ3) is 2.96. The SMILES string of the molecule is CC(C)Oc1ccccc1-c1cn(C2(C(=O)N3CO[C@@H](C)C3)CC2)nn1. The number of benzene rings is 1. The number of hydrogen-bond acceptors (Lipinski definition) is 5. The van der Waals surface area contributed by atoms with Crippen molar-refractivity contribution in [2.45, 2.75) is 51.4 Å². The normalized spacial score (nSPS) is 21.2. The molecule has 0 unspecified atom stereocenters. The van der Waals surface area contributed by atoms with Gasteiger partial charge in [-0.05, 0) is 45.7 Å². The van der Waals surface area contributed by atoms with Crippen molar-refractivity contribution in [2.75, 3.05) is 13.3 Å². The van der Waals surface area contributed by atoms with E-state index in [1.54, 1.807) is 9.58 Å². The second-order valence-corrected chi connectivity index (χ2v) is 7.38. The molecule has 7 heteroatoms. The Kier molecular flexibility index (Phi) is 4.19. The first-order chi connectivity index (χ1) is 12.5. The molecule has 26 heavy (non-hydrogen) atoms. The Morgan fingerprint density at radius 3 is 2.77 bits per heavy atom. The first-order valence-corrected chi connectivity index (χ1v) is 9.09. The maximum Gasteiger partial charge on any atom is 0.252 e. The highest BCUT2D eigenvalue weighted by Crippen LogP contribution is 2.45. The van der Waals surface area contributed by atoms with Crippen LogP contribution in [0.1, 0.15) is 33.6 Å². The fourth-order valence-corrected chi connectivity index (χ4v) is 3.36. The van der Waals surface area contributed by atoms with Crippen molar-refractivity contribution in [1.29, 1.82) is 0 Å². The lowest BCUT2D eigenvalue weighted by Crippen LogP contribution is -2.41. The number of carbonyl (C=O) groups is 1. The molecule has 2 aliphatic rings. The van der Waals surface area contributed by atoms with Crippen LogP contribution in [-0.2, 0) is 15.1 Å². The van der Waals surface area contributed by atoms with Gasteiger partial charge in [-0.15, -0.1) is 5.10 Å². The van der Waals surface area contributed by atoms with E-state index < -0.39 is 5.54 Å². The number of para-hydroxylation sites is 1. The molecule has 1 saturated carbocycles. The lowest BCUT2D eigenvalue weighted by atomic mass is 10.1. The van der Waals surface area contributed by atoms with Gasteiger partial charge in [-0.3, -0.25) is 4.79 Å². The van der Waals surface area contributed by atoms with Crippen molar-refractivity contribution >= 4 is 5.91 Å². The van der Waals surface area contributed by atoms with E-state index in [0.717, 1.165) is 24.2 Å². The highest BCUT2D eigenvalue weighted by molar-refractivity contribution is 5.87. The summed E-state index contributed by atoms with van der Waals surface area (Å²) in [5, 5.41) is 8.60. The van der Waals surface area contributed by atoms with Crippen LogP contribution in [-0.4, -0.2) is 51.3 Å². The Morgan fingerprint density at radius 2 is 2.12 bits per heavy atom. The van der Waals surface area contributed by atoms with Gasteiger partial charge in [-0.1, -0.05) is 17.3 Å². The van der Waals surface area contributed by atoms with Gasteiger partial charge in [-0.2, -0.15) is 0 Å². The molecular formula is C19H24N4O3. The number of ether oxygens (including phenoxy) is 2. The lowest BCUT2D eigenvalue weighted by molar-refractivity contribution is -0.137. The van der Waals surface area contributed by atoms with E-state index in [2.05, 4.69) is 10.3 Å². The second-order valence-electron chi connectivity index (χ2n) is 7.38. The van der Waals surface area contributed by atoms with Crippen molar-refractivity contribution < 1.29 is 14.3 Å². The smallest absolute Gasteiger partial charge is 0.252 e. The average Bonchev–Trinajstić information content (AvgIpc) is 3.06. The largest absolute Gasteiger partial charge is 0.490 e. The van der Waals surface area contributed by atoms with Crippen LogP contribution in [0, 0.1) is 0 Å². The zero-order valence-corrected chi connectivity index (χ0v) is 15.4. The van der Waals surface area contributed by atoms with E-state index >= 15 is 0 Å². The summed E-state index contributed by atoms with van der Waals surface area (Å²) in [5.74, 6) is 0.845. The molecule has 1 amide bonds. The van der Waals surface area contributed by atoms with Crippen LogP contribution in [0.5, 0.6) is 5.75 Å². The van der Waals surface area contributed by atoms with Gasteiger partial charge in [0.15, 0.2) is 0 Å². The molecular weight excluding hydrogens is 332 g/mol. The van der Waals surface area contributed by atoms with E-state index in [0.29, 0.717) is 19.0 Å².